The minimum Gasteiger partial charge on any atom is -0.241 e. The van der Waals surface area contributed by atoms with E-state index < -0.39 is 0 Å². The van der Waals surface area contributed by atoms with E-state index >= 15 is 0 Å². The topological polar surface area (TPSA) is 18.5 Å². The highest BCUT2D eigenvalue weighted by Crippen LogP contribution is 2.11. The van der Waals surface area contributed by atoms with Crippen molar-refractivity contribution in [3.8, 4) is 0 Å². The van der Waals surface area contributed by atoms with Gasteiger partial charge in [-0.05, 0) is 19.3 Å². The van der Waals surface area contributed by atoms with Crippen LogP contribution in [0.25, 0.3) is 0 Å². The van der Waals surface area contributed by atoms with Crippen LogP contribution in [0.2, 0.25) is 0 Å². The predicted molar refractivity (Wildman–Crippen MR) is 44.7 cm³/mol. The molecule has 0 aliphatic carbocycles. The molecule has 1 N–H and O–H groups in total. The van der Waals surface area contributed by atoms with Gasteiger partial charge in [0.15, 0.2) is 0 Å². The van der Waals surface area contributed by atoms with Gasteiger partial charge in [-0.3, -0.25) is 0 Å². The molecule has 11 heavy (non-hydrogen) atoms. The van der Waals surface area contributed by atoms with E-state index in [1.54, 1.807) is 0 Å². The normalized spacial score (nSPS) is 29.5. The lowest BCUT2D eigenvalue weighted by Gasteiger charge is -2.40. The van der Waals surface area contributed by atoms with E-state index in [4.69, 9.17) is 0 Å². The molecule has 0 unspecified atom stereocenters. The maximum absolute atomic E-state index is 3.44. The summed E-state index contributed by atoms with van der Waals surface area (Å²) in [4.78, 5) is 0. The number of nitrogens with zero attached hydrogens (tertiary/aromatic N) is 2. The Bertz CT molecular complexity index is 115. The standard InChI is InChI=1S/C8H17N3/c1-2-5-9-11(8-3-1)10-6-4-7-10/h9H,1-8H2. The fraction of sp³-hybridized carbons (Fsp3) is 1.00. The van der Waals surface area contributed by atoms with Crippen molar-refractivity contribution in [1.82, 2.24) is 15.6 Å². The van der Waals surface area contributed by atoms with Crippen LogP contribution in [0.5, 0.6) is 0 Å². The lowest BCUT2D eigenvalue weighted by Crippen LogP contribution is -2.56. The lowest BCUT2D eigenvalue weighted by molar-refractivity contribution is -0.107. The second kappa shape index (κ2) is 3.52. The first-order valence-corrected chi connectivity index (χ1v) is 4.73. The Morgan fingerprint density at radius 3 is 2.45 bits per heavy atom. The summed E-state index contributed by atoms with van der Waals surface area (Å²) < 4.78 is 0. The van der Waals surface area contributed by atoms with Gasteiger partial charge in [0.25, 0.3) is 0 Å². The molecule has 0 saturated carbocycles. The van der Waals surface area contributed by atoms with Gasteiger partial charge in [-0.1, -0.05) is 6.42 Å². The molecule has 0 bridgehead atoms. The first kappa shape index (κ1) is 7.53. The molecular weight excluding hydrogens is 138 g/mol. The molecule has 2 rings (SSSR count). The number of hydrazine groups is 2. The molecule has 2 saturated heterocycles. The van der Waals surface area contributed by atoms with Crippen molar-refractivity contribution in [2.75, 3.05) is 26.2 Å². The summed E-state index contributed by atoms with van der Waals surface area (Å²) in [5.41, 5.74) is 3.44. The average molecular weight is 155 g/mol. The summed E-state index contributed by atoms with van der Waals surface area (Å²) in [7, 11) is 0. The Morgan fingerprint density at radius 2 is 1.73 bits per heavy atom. The molecule has 3 heteroatoms. The lowest BCUT2D eigenvalue weighted by atomic mass is 10.2. The largest absolute Gasteiger partial charge is 0.241 e. The van der Waals surface area contributed by atoms with E-state index in [0.717, 1.165) is 6.54 Å². The SMILES string of the molecule is C1CCNN(N2CCC2)CC1. The minimum absolute atomic E-state index is 1.16. The summed E-state index contributed by atoms with van der Waals surface area (Å²) in [5, 5.41) is 4.72. The molecular formula is C8H17N3. The third kappa shape index (κ3) is 1.72. The molecule has 2 aliphatic heterocycles. The Balaban J connectivity index is 1.80. The zero-order valence-corrected chi connectivity index (χ0v) is 7.05. The van der Waals surface area contributed by atoms with E-state index in [9.17, 15) is 0 Å². The number of rotatable bonds is 1. The van der Waals surface area contributed by atoms with Gasteiger partial charge in [0.1, 0.15) is 0 Å². The molecule has 2 fully saturated rings. The summed E-state index contributed by atoms with van der Waals surface area (Å²) in [6.07, 6.45) is 5.45. The number of nitrogens with one attached hydrogen (secondary N) is 1. The molecule has 0 spiro atoms. The summed E-state index contributed by atoms with van der Waals surface area (Å²) >= 11 is 0. The van der Waals surface area contributed by atoms with Crippen LogP contribution in [0.15, 0.2) is 0 Å². The van der Waals surface area contributed by atoms with Gasteiger partial charge in [-0.25, -0.2) is 10.4 Å². The monoisotopic (exact) mass is 155 g/mol. The third-order valence-corrected chi connectivity index (χ3v) is 2.51. The quantitative estimate of drug-likeness (QED) is 0.598. The fourth-order valence-corrected chi connectivity index (χ4v) is 1.63. The van der Waals surface area contributed by atoms with Crippen LogP contribution in [-0.4, -0.2) is 36.3 Å². The van der Waals surface area contributed by atoms with Crippen molar-refractivity contribution in [2.45, 2.75) is 25.7 Å². The van der Waals surface area contributed by atoms with Gasteiger partial charge >= 0.3 is 0 Å². The molecule has 0 atom stereocenters. The Morgan fingerprint density at radius 1 is 0.818 bits per heavy atom. The van der Waals surface area contributed by atoms with Crippen LogP contribution in [0.4, 0.5) is 0 Å². The number of hydrogen-bond acceptors (Lipinski definition) is 3. The molecule has 64 valence electrons. The van der Waals surface area contributed by atoms with Crippen LogP contribution in [0.3, 0.4) is 0 Å². The summed E-state index contributed by atoms with van der Waals surface area (Å²) in [6, 6.07) is 0. The molecule has 2 heterocycles. The smallest absolute Gasteiger partial charge is 0.0290 e. The second-order valence-electron chi connectivity index (χ2n) is 3.40. The highest BCUT2D eigenvalue weighted by atomic mass is 15.8. The fourth-order valence-electron chi connectivity index (χ4n) is 1.63. The number of hydrogen-bond donors (Lipinski definition) is 1. The maximum Gasteiger partial charge on any atom is 0.0290 e. The highest BCUT2D eigenvalue weighted by molar-refractivity contribution is 4.67. The minimum atomic E-state index is 1.16. The van der Waals surface area contributed by atoms with Crippen LogP contribution < -0.4 is 5.43 Å². The van der Waals surface area contributed by atoms with Crippen LogP contribution in [-0.2, 0) is 0 Å². The molecule has 2 aliphatic rings. The van der Waals surface area contributed by atoms with Crippen molar-refractivity contribution < 1.29 is 0 Å². The van der Waals surface area contributed by atoms with Crippen LogP contribution in [0, 0.1) is 0 Å². The van der Waals surface area contributed by atoms with Gasteiger partial charge in [0.05, 0.1) is 0 Å². The molecule has 0 amide bonds. The van der Waals surface area contributed by atoms with E-state index in [1.165, 1.54) is 45.3 Å². The Hall–Kier alpha value is -0.120. The van der Waals surface area contributed by atoms with E-state index in [0.29, 0.717) is 0 Å². The van der Waals surface area contributed by atoms with Gasteiger partial charge in [-0.2, -0.15) is 5.12 Å². The molecule has 0 aromatic heterocycles. The molecule has 0 aromatic rings. The maximum atomic E-state index is 3.44. The summed E-state index contributed by atoms with van der Waals surface area (Å²) in [5.74, 6) is 0. The third-order valence-electron chi connectivity index (χ3n) is 2.51. The van der Waals surface area contributed by atoms with E-state index in [-0.39, 0.29) is 0 Å². The van der Waals surface area contributed by atoms with Crippen molar-refractivity contribution >= 4 is 0 Å². The van der Waals surface area contributed by atoms with Crippen LogP contribution in [0.1, 0.15) is 25.7 Å². The zero-order valence-electron chi connectivity index (χ0n) is 7.05. The Kier molecular flexibility index (Phi) is 2.41. The zero-order chi connectivity index (χ0) is 7.52. The molecule has 0 radical (unpaired) electrons. The van der Waals surface area contributed by atoms with Gasteiger partial charge in [0.2, 0.25) is 0 Å². The highest BCUT2D eigenvalue weighted by Gasteiger charge is 2.21. The van der Waals surface area contributed by atoms with E-state index in [1.807, 2.05) is 0 Å². The van der Waals surface area contributed by atoms with Gasteiger partial charge in [0, 0.05) is 26.2 Å². The average Bonchev–Trinajstić information content (AvgIpc) is 2.12. The van der Waals surface area contributed by atoms with Crippen molar-refractivity contribution in [2.24, 2.45) is 0 Å². The van der Waals surface area contributed by atoms with Crippen molar-refractivity contribution in [3.05, 3.63) is 0 Å². The molecule has 3 nitrogen and oxygen atoms in total. The first-order valence-electron chi connectivity index (χ1n) is 4.73. The summed E-state index contributed by atoms with van der Waals surface area (Å²) in [6.45, 7) is 4.89. The molecule has 0 aromatic carbocycles. The van der Waals surface area contributed by atoms with Crippen molar-refractivity contribution in [1.29, 1.82) is 0 Å². The second-order valence-corrected chi connectivity index (χ2v) is 3.40. The van der Waals surface area contributed by atoms with E-state index in [2.05, 4.69) is 15.6 Å². The van der Waals surface area contributed by atoms with Crippen molar-refractivity contribution in [3.63, 3.8) is 0 Å². The van der Waals surface area contributed by atoms with Gasteiger partial charge < -0.3 is 0 Å². The van der Waals surface area contributed by atoms with Crippen LogP contribution >= 0.6 is 0 Å². The predicted octanol–water partition coefficient (Wildman–Crippen LogP) is 0.598. The van der Waals surface area contributed by atoms with Gasteiger partial charge in [-0.15, -0.1) is 0 Å². The Labute approximate surface area is 68.3 Å². The first-order chi connectivity index (χ1) is 5.47.